The van der Waals surface area contributed by atoms with Gasteiger partial charge in [0.25, 0.3) is 0 Å². The van der Waals surface area contributed by atoms with E-state index in [4.69, 9.17) is 23.2 Å². The van der Waals surface area contributed by atoms with Crippen molar-refractivity contribution in [2.75, 3.05) is 42.7 Å². The molecule has 0 aliphatic carbocycles. The second-order valence-electron chi connectivity index (χ2n) is 5.08. The number of piperazine rings is 1. The summed E-state index contributed by atoms with van der Waals surface area (Å²) in [6.45, 7) is 2.43. The Morgan fingerprint density at radius 2 is 1.81 bits per heavy atom. The third-order valence-corrected chi connectivity index (χ3v) is 6.05. The normalized spacial score (nSPS) is 17.1. The van der Waals surface area contributed by atoms with Gasteiger partial charge in [-0.1, -0.05) is 17.7 Å². The molecular formula is C14H20Cl2N2O2S. The highest BCUT2D eigenvalue weighted by molar-refractivity contribution is 7.89. The minimum absolute atomic E-state index is 0.191. The molecule has 118 valence electrons. The first-order chi connectivity index (χ1) is 10.0. The zero-order valence-corrected chi connectivity index (χ0v) is 14.2. The van der Waals surface area contributed by atoms with Gasteiger partial charge in [-0.2, -0.15) is 4.31 Å². The van der Waals surface area contributed by atoms with Crippen LogP contribution in [0.1, 0.15) is 12.8 Å². The molecule has 0 saturated carbocycles. The van der Waals surface area contributed by atoms with Crippen LogP contribution in [0.5, 0.6) is 0 Å². The van der Waals surface area contributed by atoms with Gasteiger partial charge in [-0.25, -0.2) is 8.42 Å². The second-order valence-corrected chi connectivity index (χ2v) is 7.98. The summed E-state index contributed by atoms with van der Waals surface area (Å²) in [4.78, 5) is 2.16. The van der Waals surface area contributed by atoms with E-state index >= 15 is 0 Å². The predicted octanol–water partition coefficient (Wildman–Crippen LogP) is 2.81. The maximum Gasteiger partial charge on any atom is 0.214 e. The molecule has 0 atom stereocenters. The molecule has 0 bridgehead atoms. The van der Waals surface area contributed by atoms with Gasteiger partial charge in [-0.3, -0.25) is 0 Å². The zero-order chi connectivity index (χ0) is 15.3. The summed E-state index contributed by atoms with van der Waals surface area (Å²) in [5.41, 5.74) is 1.04. The Kier molecular flexibility index (Phi) is 6.17. The van der Waals surface area contributed by atoms with E-state index in [1.165, 1.54) is 0 Å². The van der Waals surface area contributed by atoms with Crippen molar-refractivity contribution in [3.8, 4) is 0 Å². The quantitative estimate of drug-likeness (QED) is 0.585. The van der Waals surface area contributed by atoms with Crippen LogP contribution in [0, 0.1) is 0 Å². The first-order valence-electron chi connectivity index (χ1n) is 7.07. The van der Waals surface area contributed by atoms with Gasteiger partial charge in [0.15, 0.2) is 0 Å². The Morgan fingerprint density at radius 3 is 2.43 bits per heavy atom. The molecule has 0 amide bonds. The fourth-order valence-electron chi connectivity index (χ4n) is 2.41. The summed E-state index contributed by atoms with van der Waals surface area (Å²) in [6, 6.07) is 7.65. The van der Waals surface area contributed by atoms with Crippen LogP contribution in [0.4, 0.5) is 5.69 Å². The highest BCUT2D eigenvalue weighted by Crippen LogP contribution is 2.21. The molecule has 1 aromatic carbocycles. The molecule has 0 radical (unpaired) electrons. The SMILES string of the molecule is O=S(=O)(CCCCCl)N1CCN(c2cccc(Cl)c2)CC1. The number of hydrogen-bond acceptors (Lipinski definition) is 3. The van der Waals surface area contributed by atoms with Crippen LogP contribution in [0.2, 0.25) is 5.02 Å². The number of sulfonamides is 1. The summed E-state index contributed by atoms with van der Waals surface area (Å²) in [6.07, 6.45) is 1.36. The van der Waals surface area contributed by atoms with E-state index in [1.54, 1.807) is 4.31 Å². The Bertz CT molecular complexity index is 558. The van der Waals surface area contributed by atoms with E-state index in [0.717, 1.165) is 12.1 Å². The van der Waals surface area contributed by atoms with Gasteiger partial charge in [0.05, 0.1) is 5.75 Å². The number of benzene rings is 1. The lowest BCUT2D eigenvalue weighted by atomic mass is 10.2. The van der Waals surface area contributed by atoms with Crippen molar-refractivity contribution in [2.24, 2.45) is 0 Å². The lowest BCUT2D eigenvalue weighted by Gasteiger charge is -2.35. The van der Waals surface area contributed by atoms with E-state index in [2.05, 4.69) is 4.90 Å². The number of unbranched alkanes of at least 4 members (excludes halogenated alkanes) is 1. The molecule has 0 N–H and O–H groups in total. The van der Waals surface area contributed by atoms with Gasteiger partial charge < -0.3 is 4.90 Å². The van der Waals surface area contributed by atoms with Crippen molar-refractivity contribution in [2.45, 2.75) is 12.8 Å². The molecule has 0 unspecified atom stereocenters. The number of rotatable bonds is 6. The van der Waals surface area contributed by atoms with Crippen LogP contribution < -0.4 is 4.90 Å². The molecule has 7 heteroatoms. The smallest absolute Gasteiger partial charge is 0.214 e. The minimum atomic E-state index is -3.15. The van der Waals surface area contributed by atoms with E-state index in [0.29, 0.717) is 43.5 Å². The number of anilines is 1. The summed E-state index contributed by atoms with van der Waals surface area (Å²) in [5.74, 6) is 0.703. The number of halogens is 2. The Balaban J connectivity index is 1.91. The van der Waals surface area contributed by atoms with Crippen LogP contribution in [0.15, 0.2) is 24.3 Å². The molecule has 2 rings (SSSR count). The van der Waals surface area contributed by atoms with Crippen molar-refractivity contribution in [1.82, 2.24) is 4.31 Å². The van der Waals surface area contributed by atoms with E-state index in [9.17, 15) is 8.42 Å². The molecule has 1 aliphatic rings. The van der Waals surface area contributed by atoms with Crippen LogP contribution in [-0.2, 0) is 10.0 Å². The Labute approximate surface area is 136 Å². The molecule has 21 heavy (non-hydrogen) atoms. The first-order valence-corrected chi connectivity index (χ1v) is 9.59. The second kappa shape index (κ2) is 7.68. The molecule has 1 aromatic rings. The maximum absolute atomic E-state index is 12.2. The van der Waals surface area contributed by atoms with Gasteiger partial charge in [0.2, 0.25) is 10.0 Å². The first kappa shape index (κ1) is 16.9. The van der Waals surface area contributed by atoms with Crippen LogP contribution in [-0.4, -0.2) is 50.5 Å². The Morgan fingerprint density at radius 1 is 1.10 bits per heavy atom. The number of alkyl halides is 1. The zero-order valence-electron chi connectivity index (χ0n) is 11.8. The van der Waals surface area contributed by atoms with Gasteiger partial charge in [0, 0.05) is 42.8 Å². The third kappa shape index (κ3) is 4.74. The fourth-order valence-corrected chi connectivity index (χ4v) is 4.33. The maximum atomic E-state index is 12.2. The van der Waals surface area contributed by atoms with Gasteiger partial charge in [-0.05, 0) is 31.0 Å². The largest absolute Gasteiger partial charge is 0.369 e. The highest BCUT2D eigenvalue weighted by atomic mass is 35.5. The minimum Gasteiger partial charge on any atom is -0.369 e. The van der Waals surface area contributed by atoms with Crippen molar-refractivity contribution >= 4 is 38.9 Å². The summed E-state index contributed by atoms with van der Waals surface area (Å²) in [7, 11) is -3.15. The molecule has 1 saturated heterocycles. The number of hydrogen-bond donors (Lipinski definition) is 0. The Hall–Kier alpha value is -0.490. The van der Waals surface area contributed by atoms with Gasteiger partial charge >= 0.3 is 0 Å². The molecule has 1 heterocycles. The summed E-state index contributed by atoms with van der Waals surface area (Å²) in [5, 5.41) is 0.698. The third-order valence-electron chi connectivity index (χ3n) is 3.59. The molecule has 4 nitrogen and oxygen atoms in total. The summed E-state index contributed by atoms with van der Waals surface area (Å²) >= 11 is 11.6. The number of nitrogens with zero attached hydrogens (tertiary/aromatic N) is 2. The molecular weight excluding hydrogens is 331 g/mol. The monoisotopic (exact) mass is 350 g/mol. The van der Waals surface area contributed by atoms with Gasteiger partial charge in [-0.15, -0.1) is 11.6 Å². The average Bonchev–Trinajstić information content (AvgIpc) is 2.47. The predicted molar refractivity (Wildman–Crippen MR) is 89.0 cm³/mol. The lowest BCUT2D eigenvalue weighted by Crippen LogP contribution is -2.49. The fraction of sp³-hybridized carbons (Fsp3) is 0.571. The van der Waals surface area contributed by atoms with E-state index in [-0.39, 0.29) is 5.75 Å². The summed E-state index contributed by atoms with van der Waals surface area (Å²) < 4.78 is 26.0. The van der Waals surface area contributed by atoms with Crippen molar-refractivity contribution in [3.05, 3.63) is 29.3 Å². The standard InChI is InChI=1S/C14H20Cl2N2O2S/c15-6-1-2-11-21(19,20)18-9-7-17(8-10-18)14-5-3-4-13(16)12-14/h3-5,12H,1-2,6-11H2. The van der Waals surface area contributed by atoms with Crippen LogP contribution >= 0.6 is 23.2 Å². The highest BCUT2D eigenvalue weighted by Gasteiger charge is 2.26. The molecule has 0 aromatic heterocycles. The van der Waals surface area contributed by atoms with Crippen molar-refractivity contribution in [3.63, 3.8) is 0 Å². The van der Waals surface area contributed by atoms with E-state index in [1.807, 2.05) is 24.3 Å². The van der Waals surface area contributed by atoms with Gasteiger partial charge in [0.1, 0.15) is 0 Å². The molecule has 1 aliphatic heterocycles. The van der Waals surface area contributed by atoms with E-state index < -0.39 is 10.0 Å². The van der Waals surface area contributed by atoms with Crippen LogP contribution in [0.25, 0.3) is 0 Å². The van der Waals surface area contributed by atoms with Crippen LogP contribution in [0.3, 0.4) is 0 Å². The molecule has 0 spiro atoms. The van der Waals surface area contributed by atoms with Crippen molar-refractivity contribution in [1.29, 1.82) is 0 Å². The van der Waals surface area contributed by atoms with Crippen molar-refractivity contribution < 1.29 is 8.42 Å². The lowest BCUT2D eigenvalue weighted by molar-refractivity contribution is 0.384. The molecule has 1 fully saturated rings. The topological polar surface area (TPSA) is 40.6 Å². The average molecular weight is 351 g/mol.